The molecule has 0 aliphatic carbocycles. The van der Waals surface area contributed by atoms with E-state index in [4.69, 9.17) is 10.5 Å². The van der Waals surface area contributed by atoms with Crippen molar-refractivity contribution in [3.05, 3.63) is 24.0 Å². The van der Waals surface area contributed by atoms with Crippen molar-refractivity contribution in [2.45, 2.75) is 51.7 Å². The molecule has 0 aromatic carbocycles. The molecule has 0 amide bonds. The maximum atomic E-state index is 6.17. The minimum absolute atomic E-state index is 0.0606. The van der Waals surface area contributed by atoms with Crippen LogP contribution in [0.1, 0.15) is 45.7 Å². The number of hydrogen-bond acceptors (Lipinski definition) is 4. The Labute approximate surface area is 122 Å². The minimum atomic E-state index is -0.317. The third kappa shape index (κ3) is 3.49. The second-order valence-electron chi connectivity index (χ2n) is 6.38. The van der Waals surface area contributed by atoms with Crippen LogP contribution in [0.5, 0.6) is 0 Å². The van der Waals surface area contributed by atoms with E-state index in [0.29, 0.717) is 5.92 Å². The molecular formula is C16H27N3O. The van der Waals surface area contributed by atoms with Crippen LogP contribution in [0, 0.1) is 0 Å². The highest BCUT2D eigenvalue weighted by Gasteiger charge is 2.31. The zero-order valence-corrected chi connectivity index (χ0v) is 13.1. The molecule has 0 bridgehead atoms. The highest BCUT2D eigenvalue weighted by Crippen LogP contribution is 2.23. The number of rotatable bonds is 4. The van der Waals surface area contributed by atoms with Crippen LogP contribution >= 0.6 is 0 Å². The molecule has 112 valence electrons. The average molecular weight is 277 g/mol. The zero-order valence-electron chi connectivity index (χ0n) is 13.1. The van der Waals surface area contributed by atoms with Gasteiger partial charge in [-0.15, -0.1) is 0 Å². The predicted octanol–water partition coefficient (Wildman–Crippen LogP) is 2.54. The molecule has 1 aliphatic heterocycles. The second kappa shape index (κ2) is 6.10. The van der Waals surface area contributed by atoms with E-state index in [1.54, 1.807) is 0 Å². The van der Waals surface area contributed by atoms with Crippen LogP contribution in [0.25, 0.3) is 0 Å². The summed E-state index contributed by atoms with van der Waals surface area (Å²) in [7, 11) is 0. The van der Waals surface area contributed by atoms with Crippen LogP contribution in [0.15, 0.2) is 18.3 Å². The van der Waals surface area contributed by atoms with Crippen molar-refractivity contribution in [2.75, 3.05) is 24.6 Å². The second-order valence-corrected chi connectivity index (χ2v) is 6.38. The Morgan fingerprint density at radius 1 is 1.50 bits per heavy atom. The van der Waals surface area contributed by atoms with E-state index >= 15 is 0 Å². The van der Waals surface area contributed by atoms with Crippen LogP contribution in [-0.4, -0.2) is 36.3 Å². The summed E-state index contributed by atoms with van der Waals surface area (Å²) in [5.41, 5.74) is 8.18. The number of nitrogens with zero attached hydrogens (tertiary/aromatic N) is 2. The summed E-state index contributed by atoms with van der Waals surface area (Å²) < 4.78 is 5.79. The van der Waals surface area contributed by atoms with Crippen molar-refractivity contribution >= 4 is 5.69 Å². The fraction of sp³-hybridized carbons (Fsp3) is 0.688. The van der Waals surface area contributed by atoms with Gasteiger partial charge in [0.15, 0.2) is 0 Å². The lowest BCUT2D eigenvalue weighted by Gasteiger charge is -2.40. The number of pyridine rings is 1. The summed E-state index contributed by atoms with van der Waals surface area (Å²) in [5.74, 6) is 0.518. The Morgan fingerprint density at radius 3 is 2.80 bits per heavy atom. The maximum Gasteiger partial charge on any atom is 0.0924 e. The Hall–Kier alpha value is -1.13. The van der Waals surface area contributed by atoms with E-state index in [0.717, 1.165) is 31.8 Å². The summed E-state index contributed by atoms with van der Waals surface area (Å²) in [6.45, 7) is 10.9. The maximum absolute atomic E-state index is 6.17. The number of morpholine rings is 1. The zero-order chi connectivity index (χ0) is 14.8. The monoisotopic (exact) mass is 277 g/mol. The van der Waals surface area contributed by atoms with E-state index in [2.05, 4.69) is 35.9 Å². The summed E-state index contributed by atoms with van der Waals surface area (Å²) in [6.07, 6.45) is 3.16. The van der Waals surface area contributed by atoms with Crippen molar-refractivity contribution in [3.8, 4) is 0 Å². The van der Waals surface area contributed by atoms with Crippen LogP contribution in [-0.2, 0) is 4.74 Å². The summed E-state index contributed by atoms with van der Waals surface area (Å²) in [5, 5.41) is 0. The quantitative estimate of drug-likeness (QED) is 0.919. The molecule has 1 aliphatic rings. The van der Waals surface area contributed by atoms with Gasteiger partial charge in [0.25, 0.3) is 0 Å². The van der Waals surface area contributed by atoms with E-state index < -0.39 is 0 Å². The van der Waals surface area contributed by atoms with E-state index in [1.807, 2.05) is 20.0 Å². The number of ether oxygens (including phenoxy) is 1. The summed E-state index contributed by atoms with van der Waals surface area (Å²) >= 11 is 0. The minimum Gasteiger partial charge on any atom is -0.373 e. The van der Waals surface area contributed by atoms with Gasteiger partial charge in [0, 0.05) is 24.3 Å². The largest absolute Gasteiger partial charge is 0.373 e. The molecule has 1 aromatic heterocycles. The van der Waals surface area contributed by atoms with E-state index in [1.165, 1.54) is 5.69 Å². The van der Waals surface area contributed by atoms with Gasteiger partial charge < -0.3 is 15.4 Å². The van der Waals surface area contributed by atoms with Gasteiger partial charge in [0.2, 0.25) is 0 Å². The van der Waals surface area contributed by atoms with Gasteiger partial charge >= 0.3 is 0 Å². The molecular weight excluding hydrogens is 250 g/mol. The third-order valence-corrected chi connectivity index (χ3v) is 4.15. The lowest BCUT2D eigenvalue weighted by atomic mass is 9.97. The molecule has 2 atom stereocenters. The molecule has 1 saturated heterocycles. The molecule has 4 nitrogen and oxygen atoms in total. The lowest BCUT2D eigenvalue weighted by Crippen LogP contribution is -2.56. The highest BCUT2D eigenvalue weighted by molar-refractivity contribution is 5.45. The van der Waals surface area contributed by atoms with Gasteiger partial charge in [-0.1, -0.05) is 13.8 Å². The van der Waals surface area contributed by atoms with Gasteiger partial charge in [-0.05, 0) is 38.3 Å². The molecule has 2 rings (SSSR count). The van der Waals surface area contributed by atoms with Crippen molar-refractivity contribution < 1.29 is 4.74 Å². The van der Waals surface area contributed by atoms with E-state index in [9.17, 15) is 0 Å². The first-order valence-corrected chi connectivity index (χ1v) is 7.53. The Balaban J connectivity index is 2.07. The molecule has 1 fully saturated rings. The van der Waals surface area contributed by atoms with Crippen LogP contribution in [0.4, 0.5) is 5.69 Å². The van der Waals surface area contributed by atoms with Crippen LogP contribution in [0.3, 0.4) is 0 Å². The normalized spacial score (nSPS) is 21.9. The predicted molar refractivity (Wildman–Crippen MR) is 83.2 cm³/mol. The Morgan fingerprint density at radius 2 is 2.25 bits per heavy atom. The first-order chi connectivity index (χ1) is 9.41. The molecule has 1 aromatic rings. The SMILES string of the molecule is CCC(C)c1ccc(N2CCO[C@H](C(C)(C)N)C2)cn1. The average Bonchev–Trinajstić information content (AvgIpc) is 2.46. The topological polar surface area (TPSA) is 51.4 Å². The molecule has 2 N–H and O–H groups in total. The third-order valence-electron chi connectivity index (χ3n) is 4.15. The van der Waals surface area contributed by atoms with Gasteiger partial charge in [0.05, 0.1) is 24.6 Å². The molecule has 0 saturated carbocycles. The van der Waals surface area contributed by atoms with Crippen LogP contribution in [0.2, 0.25) is 0 Å². The smallest absolute Gasteiger partial charge is 0.0924 e. The molecule has 20 heavy (non-hydrogen) atoms. The molecule has 0 spiro atoms. The molecule has 1 unspecified atom stereocenters. The Kier molecular flexibility index (Phi) is 4.66. The lowest BCUT2D eigenvalue weighted by molar-refractivity contribution is -0.000229. The summed E-state index contributed by atoms with van der Waals surface area (Å²) in [6, 6.07) is 4.31. The number of aromatic nitrogens is 1. The number of nitrogens with two attached hydrogens (primary N) is 1. The molecule has 4 heteroatoms. The van der Waals surface area contributed by atoms with Gasteiger partial charge in [0.1, 0.15) is 0 Å². The van der Waals surface area contributed by atoms with Crippen molar-refractivity contribution in [3.63, 3.8) is 0 Å². The van der Waals surface area contributed by atoms with Crippen molar-refractivity contribution in [2.24, 2.45) is 5.73 Å². The molecule has 2 heterocycles. The fourth-order valence-electron chi connectivity index (χ4n) is 2.42. The first kappa shape index (κ1) is 15.3. The first-order valence-electron chi connectivity index (χ1n) is 7.53. The number of anilines is 1. The number of hydrogen-bond donors (Lipinski definition) is 1. The van der Waals surface area contributed by atoms with Crippen molar-refractivity contribution in [1.29, 1.82) is 0 Å². The highest BCUT2D eigenvalue weighted by atomic mass is 16.5. The summed E-state index contributed by atoms with van der Waals surface area (Å²) in [4.78, 5) is 6.91. The Bertz CT molecular complexity index is 424. The van der Waals surface area contributed by atoms with Gasteiger partial charge in [-0.2, -0.15) is 0 Å². The molecule has 0 radical (unpaired) electrons. The van der Waals surface area contributed by atoms with Crippen molar-refractivity contribution in [1.82, 2.24) is 4.98 Å². The fourth-order valence-corrected chi connectivity index (χ4v) is 2.42. The van der Waals surface area contributed by atoms with Gasteiger partial charge in [-0.25, -0.2) is 0 Å². The van der Waals surface area contributed by atoms with E-state index in [-0.39, 0.29) is 11.6 Å². The van der Waals surface area contributed by atoms with Gasteiger partial charge in [-0.3, -0.25) is 4.98 Å². The standard InChI is InChI=1S/C16H27N3O/c1-5-12(2)14-7-6-13(10-18-14)19-8-9-20-15(11-19)16(3,4)17/h6-7,10,12,15H,5,8-9,11,17H2,1-4H3/t12?,15-/m0/s1. The van der Waals surface area contributed by atoms with Crippen LogP contribution < -0.4 is 10.6 Å².